The summed E-state index contributed by atoms with van der Waals surface area (Å²) in [5.41, 5.74) is 8.81. The Morgan fingerprint density at radius 2 is 1.81 bits per heavy atom. The van der Waals surface area contributed by atoms with Gasteiger partial charge in [0.15, 0.2) is 0 Å². The molecule has 1 aromatic heterocycles. The van der Waals surface area contributed by atoms with Gasteiger partial charge in [0.2, 0.25) is 17.7 Å². The van der Waals surface area contributed by atoms with E-state index < -0.39 is 11.6 Å². The number of hydrogen-bond acceptors (Lipinski definition) is 4. The number of para-hydroxylation sites is 2. The summed E-state index contributed by atoms with van der Waals surface area (Å²) in [5, 5.41) is 6.93. The molecule has 0 radical (unpaired) electrons. The van der Waals surface area contributed by atoms with Crippen molar-refractivity contribution in [2.45, 2.75) is 50.6 Å². The molecule has 3 aromatic rings. The lowest BCUT2D eigenvalue weighted by Gasteiger charge is -2.36. The molecule has 0 aliphatic carbocycles. The predicted molar refractivity (Wildman–Crippen MR) is 139 cm³/mol. The van der Waals surface area contributed by atoms with Crippen LogP contribution in [0.15, 0.2) is 54.7 Å². The van der Waals surface area contributed by atoms with Gasteiger partial charge in [0.05, 0.1) is 11.5 Å². The van der Waals surface area contributed by atoms with E-state index in [1.165, 1.54) is 0 Å². The summed E-state index contributed by atoms with van der Waals surface area (Å²) >= 11 is 0. The van der Waals surface area contributed by atoms with E-state index >= 15 is 0 Å². The first kappa shape index (κ1) is 24.1. The Bertz CT molecular complexity index is 1300. The third-order valence-corrected chi connectivity index (χ3v) is 7.45. The molecule has 3 amide bonds. The second-order valence-corrected chi connectivity index (χ2v) is 10.5. The molecule has 5 rings (SSSR count). The maximum atomic E-state index is 13.7. The van der Waals surface area contributed by atoms with Gasteiger partial charge < -0.3 is 26.3 Å². The van der Waals surface area contributed by atoms with Crippen molar-refractivity contribution in [3.05, 3.63) is 65.9 Å². The highest BCUT2D eigenvalue weighted by Gasteiger charge is 2.40. The molecule has 1 fully saturated rings. The third kappa shape index (κ3) is 4.60. The molecule has 8 heteroatoms. The van der Waals surface area contributed by atoms with Gasteiger partial charge in [0.1, 0.15) is 6.04 Å². The molecule has 188 valence electrons. The van der Waals surface area contributed by atoms with E-state index in [9.17, 15) is 14.4 Å². The number of H-pyrrole nitrogens is 1. The summed E-state index contributed by atoms with van der Waals surface area (Å²) in [6, 6.07) is 15.0. The lowest BCUT2D eigenvalue weighted by molar-refractivity contribution is -0.138. The zero-order chi connectivity index (χ0) is 25.4. The van der Waals surface area contributed by atoms with Crippen LogP contribution in [-0.2, 0) is 20.8 Å². The first-order valence-electron chi connectivity index (χ1n) is 12.6. The number of aromatic nitrogens is 1. The maximum absolute atomic E-state index is 13.7. The molecule has 0 bridgehead atoms. The summed E-state index contributed by atoms with van der Waals surface area (Å²) in [7, 11) is 0. The fourth-order valence-electron chi connectivity index (χ4n) is 5.44. The number of hydrogen-bond donors (Lipinski definition) is 4. The number of rotatable bonds is 6. The summed E-state index contributed by atoms with van der Waals surface area (Å²) in [5.74, 6) is -0.460. The number of carbonyl (C=O) groups excluding carboxylic acids is 3. The molecule has 2 aliphatic rings. The Morgan fingerprint density at radius 3 is 2.56 bits per heavy atom. The highest BCUT2D eigenvalue weighted by Crippen LogP contribution is 2.41. The molecule has 2 aromatic carbocycles. The van der Waals surface area contributed by atoms with Crippen LogP contribution in [-0.4, -0.2) is 52.3 Å². The van der Waals surface area contributed by atoms with Gasteiger partial charge in [-0.05, 0) is 55.9 Å². The van der Waals surface area contributed by atoms with Gasteiger partial charge in [-0.15, -0.1) is 0 Å². The highest BCUT2D eigenvalue weighted by molar-refractivity contribution is 6.03. The molecule has 0 spiro atoms. The number of carbonyl (C=O) groups is 3. The van der Waals surface area contributed by atoms with Gasteiger partial charge in [-0.1, -0.05) is 36.4 Å². The number of piperidine rings is 1. The van der Waals surface area contributed by atoms with Crippen molar-refractivity contribution in [2.75, 3.05) is 18.4 Å². The predicted octanol–water partition coefficient (Wildman–Crippen LogP) is 2.91. The van der Waals surface area contributed by atoms with Crippen LogP contribution in [0.2, 0.25) is 0 Å². The van der Waals surface area contributed by atoms with Gasteiger partial charge in [0.25, 0.3) is 0 Å². The van der Waals surface area contributed by atoms with E-state index in [0.29, 0.717) is 19.5 Å². The van der Waals surface area contributed by atoms with E-state index in [2.05, 4.69) is 15.6 Å². The second-order valence-electron chi connectivity index (χ2n) is 10.5. The van der Waals surface area contributed by atoms with Crippen molar-refractivity contribution in [1.29, 1.82) is 0 Å². The number of nitrogens with zero attached hydrogens (tertiary/aromatic N) is 1. The molecule has 2 atom stereocenters. The molecular formula is C28H33N5O3. The lowest BCUT2D eigenvalue weighted by Crippen LogP contribution is -2.57. The monoisotopic (exact) mass is 487 g/mol. The number of fused-ring (bicyclic) bond motifs is 2. The Kier molecular flexibility index (Phi) is 6.30. The summed E-state index contributed by atoms with van der Waals surface area (Å²) in [4.78, 5) is 44.2. The van der Waals surface area contributed by atoms with Crippen molar-refractivity contribution >= 4 is 34.3 Å². The van der Waals surface area contributed by atoms with Crippen LogP contribution in [0, 0.1) is 5.92 Å². The number of amides is 3. The van der Waals surface area contributed by atoms with Gasteiger partial charge in [0, 0.05) is 42.3 Å². The number of aromatic amines is 1. The number of nitrogens with one attached hydrogen (secondary N) is 3. The normalized spacial score (nSPS) is 19.1. The number of anilines is 1. The first-order chi connectivity index (χ1) is 17.2. The molecular weight excluding hydrogens is 454 g/mol. The highest BCUT2D eigenvalue weighted by atomic mass is 16.2. The largest absolute Gasteiger partial charge is 0.361 e. The van der Waals surface area contributed by atoms with Crippen LogP contribution in [0.4, 0.5) is 5.69 Å². The maximum Gasteiger partial charge on any atom is 0.245 e. The molecule has 2 aliphatic heterocycles. The quantitative estimate of drug-likeness (QED) is 0.427. The first-order valence-corrected chi connectivity index (χ1v) is 12.6. The molecule has 0 saturated carbocycles. The molecule has 1 unspecified atom stereocenters. The van der Waals surface area contributed by atoms with Gasteiger partial charge >= 0.3 is 0 Å². The smallest absolute Gasteiger partial charge is 0.245 e. The fraction of sp³-hybridized carbons (Fsp3) is 0.393. The molecule has 3 heterocycles. The Hall–Kier alpha value is -3.65. The third-order valence-electron chi connectivity index (χ3n) is 7.45. The lowest BCUT2D eigenvalue weighted by atomic mass is 9.80. The van der Waals surface area contributed by atoms with Crippen molar-refractivity contribution in [3.63, 3.8) is 0 Å². The Labute approximate surface area is 210 Å². The van der Waals surface area contributed by atoms with E-state index in [4.69, 9.17) is 5.73 Å². The average Bonchev–Trinajstić information content (AvgIpc) is 3.42. The molecule has 36 heavy (non-hydrogen) atoms. The van der Waals surface area contributed by atoms with Crippen LogP contribution in [0.3, 0.4) is 0 Å². The van der Waals surface area contributed by atoms with E-state index in [1.807, 2.05) is 59.6 Å². The number of likely N-dealkylation sites (tertiary alicyclic amines) is 1. The Morgan fingerprint density at radius 1 is 1.11 bits per heavy atom. The van der Waals surface area contributed by atoms with E-state index in [1.54, 1.807) is 13.8 Å². The number of benzene rings is 2. The topological polar surface area (TPSA) is 120 Å². The van der Waals surface area contributed by atoms with Crippen molar-refractivity contribution in [1.82, 2.24) is 15.2 Å². The van der Waals surface area contributed by atoms with Crippen LogP contribution >= 0.6 is 0 Å². The standard InChI is InChI=1S/C28H33N5O3/c1-28(2,29)27(36)32-23(15-18-16-30-21-9-5-3-7-19(18)21)26(35)33-13-11-17(12-14-33)24-20-8-4-6-10-22(20)31-25(24)34/h3-10,16-17,23-24,30H,11-15,29H2,1-2H3,(H,31,34)(H,32,36)/t23-,24?/m1/s1. The second kappa shape index (κ2) is 9.43. The zero-order valence-electron chi connectivity index (χ0n) is 20.7. The van der Waals surface area contributed by atoms with E-state index in [0.717, 1.165) is 40.6 Å². The molecule has 8 nitrogen and oxygen atoms in total. The average molecular weight is 488 g/mol. The van der Waals surface area contributed by atoms with Gasteiger partial charge in [-0.25, -0.2) is 0 Å². The van der Waals surface area contributed by atoms with Crippen LogP contribution in [0.1, 0.15) is 43.7 Å². The summed E-state index contributed by atoms with van der Waals surface area (Å²) in [6.45, 7) is 4.35. The van der Waals surface area contributed by atoms with Crippen LogP contribution in [0.25, 0.3) is 10.9 Å². The summed E-state index contributed by atoms with van der Waals surface area (Å²) in [6.07, 6.45) is 3.72. The van der Waals surface area contributed by atoms with Gasteiger partial charge in [-0.3, -0.25) is 14.4 Å². The van der Waals surface area contributed by atoms with E-state index in [-0.39, 0.29) is 29.6 Å². The zero-order valence-corrected chi connectivity index (χ0v) is 20.7. The SMILES string of the molecule is CC(C)(N)C(=O)N[C@H](Cc1c[nH]c2ccccc12)C(=O)N1CCC(C2C(=O)Nc3ccccc32)CC1. The minimum atomic E-state index is -1.10. The van der Waals surface area contributed by atoms with Crippen LogP contribution in [0.5, 0.6) is 0 Å². The minimum Gasteiger partial charge on any atom is -0.361 e. The summed E-state index contributed by atoms with van der Waals surface area (Å²) < 4.78 is 0. The number of nitrogens with two attached hydrogens (primary N) is 1. The Balaban J connectivity index is 1.31. The van der Waals surface area contributed by atoms with Crippen molar-refractivity contribution in [3.8, 4) is 0 Å². The fourth-order valence-corrected chi connectivity index (χ4v) is 5.44. The van der Waals surface area contributed by atoms with Crippen molar-refractivity contribution in [2.24, 2.45) is 11.7 Å². The minimum absolute atomic E-state index is 0.0376. The van der Waals surface area contributed by atoms with Gasteiger partial charge in [-0.2, -0.15) is 0 Å². The van der Waals surface area contributed by atoms with Crippen LogP contribution < -0.4 is 16.4 Å². The van der Waals surface area contributed by atoms with Crippen molar-refractivity contribution < 1.29 is 14.4 Å². The molecule has 5 N–H and O–H groups in total. The molecule has 1 saturated heterocycles.